The molecule has 0 amide bonds. The van der Waals surface area contributed by atoms with Crippen molar-refractivity contribution in [2.24, 2.45) is 5.92 Å². The summed E-state index contributed by atoms with van der Waals surface area (Å²) in [4.78, 5) is 0.232. The molecule has 1 heterocycles. The summed E-state index contributed by atoms with van der Waals surface area (Å²) in [7, 11) is -2.04. The van der Waals surface area contributed by atoms with Crippen molar-refractivity contribution in [3.8, 4) is 5.75 Å². The molecule has 0 saturated carbocycles. The monoisotopic (exact) mass is 361 g/mol. The molecule has 112 valence electrons. The maximum absolute atomic E-state index is 12.9. The number of benzene rings is 1. The lowest BCUT2D eigenvalue weighted by molar-refractivity contribution is 0.202. The lowest BCUT2D eigenvalue weighted by Crippen LogP contribution is -2.45. The first-order valence-electron chi connectivity index (χ1n) is 6.73. The zero-order valence-corrected chi connectivity index (χ0v) is 14.4. The number of hydrogen-bond acceptors (Lipinski definition) is 3. The fourth-order valence-corrected chi connectivity index (χ4v) is 5.08. The fraction of sp³-hybridized carbons (Fsp3) is 0.571. The molecule has 2 atom stereocenters. The summed E-state index contributed by atoms with van der Waals surface area (Å²) in [5, 5.41) is 0. The van der Waals surface area contributed by atoms with Gasteiger partial charge < -0.3 is 4.74 Å². The van der Waals surface area contributed by atoms with Gasteiger partial charge in [0.15, 0.2) is 0 Å². The third kappa shape index (κ3) is 2.87. The van der Waals surface area contributed by atoms with Crippen LogP contribution < -0.4 is 4.74 Å². The van der Waals surface area contributed by atoms with E-state index in [2.05, 4.69) is 22.9 Å². The molecule has 0 radical (unpaired) electrons. The largest absolute Gasteiger partial charge is 0.495 e. The Morgan fingerprint density at radius 3 is 2.70 bits per heavy atom. The number of halogens is 1. The van der Waals surface area contributed by atoms with Crippen molar-refractivity contribution in [2.75, 3.05) is 13.7 Å². The molecule has 0 spiro atoms. The van der Waals surface area contributed by atoms with Crippen LogP contribution in [0.4, 0.5) is 0 Å². The number of hydrogen-bond donors (Lipinski definition) is 0. The molecule has 1 fully saturated rings. The topological polar surface area (TPSA) is 46.6 Å². The molecule has 1 aliphatic rings. The van der Waals surface area contributed by atoms with Crippen LogP contribution in [0, 0.1) is 5.92 Å². The zero-order valence-electron chi connectivity index (χ0n) is 12.0. The van der Waals surface area contributed by atoms with Crippen molar-refractivity contribution in [3.63, 3.8) is 0 Å². The van der Waals surface area contributed by atoms with E-state index in [9.17, 15) is 8.42 Å². The van der Waals surface area contributed by atoms with Gasteiger partial charge >= 0.3 is 0 Å². The minimum atomic E-state index is -3.53. The van der Waals surface area contributed by atoms with Crippen LogP contribution in [-0.2, 0) is 10.0 Å². The number of piperidine rings is 1. The minimum Gasteiger partial charge on any atom is -0.495 e. The normalized spacial score (nSPS) is 24.6. The summed E-state index contributed by atoms with van der Waals surface area (Å²) in [5.41, 5.74) is 0. The van der Waals surface area contributed by atoms with Crippen molar-refractivity contribution >= 4 is 26.0 Å². The Morgan fingerprint density at radius 1 is 1.35 bits per heavy atom. The van der Waals surface area contributed by atoms with Gasteiger partial charge in [0.05, 0.1) is 7.11 Å². The van der Waals surface area contributed by atoms with E-state index in [0.717, 1.165) is 17.3 Å². The third-order valence-electron chi connectivity index (χ3n) is 4.03. The van der Waals surface area contributed by atoms with Gasteiger partial charge in [-0.15, -0.1) is 0 Å². The second-order valence-electron chi connectivity index (χ2n) is 5.27. The van der Waals surface area contributed by atoms with Crippen LogP contribution in [-0.4, -0.2) is 32.4 Å². The highest BCUT2D eigenvalue weighted by atomic mass is 79.9. The Kier molecular flexibility index (Phi) is 4.76. The first-order valence-corrected chi connectivity index (χ1v) is 8.96. The van der Waals surface area contributed by atoms with Gasteiger partial charge in [0.2, 0.25) is 10.0 Å². The molecule has 20 heavy (non-hydrogen) atoms. The molecule has 1 saturated heterocycles. The molecule has 1 aromatic carbocycles. The molecule has 1 aliphatic heterocycles. The summed E-state index contributed by atoms with van der Waals surface area (Å²) in [6, 6.07) is 5.08. The van der Waals surface area contributed by atoms with Crippen LogP contribution in [0.2, 0.25) is 0 Å². The Balaban J connectivity index is 2.47. The highest BCUT2D eigenvalue weighted by Gasteiger charge is 2.36. The van der Waals surface area contributed by atoms with Crippen molar-refractivity contribution in [1.82, 2.24) is 4.31 Å². The van der Waals surface area contributed by atoms with Crippen LogP contribution in [0.5, 0.6) is 5.75 Å². The second-order valence-corrected chi connectivity index (χ2v) is 8.05. The number of sulfonamides is 1. The predicted molar refractivity (Wildman–Crippen MR) is 82.4 cm³/mol. The highest BCUT2D eigenvalue weighted by Crippen LogP contribution is 2.34. The molecule has 1 aromatic rings. The quantitative estimate of drug-likeness (QED) is 0.829. The zero-order chi connectivity index (χ0) is 14.9. The first-order chi connectivity index (χ1) is 9.37. The molecular formula is C14H20BrNO3S. The predicted octanol–water partition coefficient (Wildman–Crippen LogP) is 3.27. The fourth-order valence-electron chi connectivity index (χ4n) is 2.62. The summed E-state index contributed by atoms with van der Waals surface area (Å²) >= 11 is 3.33. The van der Waals surface area contributed by atoms with E-state index in [1.54, 1.807) is 22.5 Å². The lowest BCUT2D eigenvalue weighted by atomic mass is 9.94. The van der Waals surface area contributed by atoms with Crippen LogP contribution in [0.25, 0.3) is 0 Å². The SMILES string of the molecule is COc1ccc(Br)cc1S(=O)(=O)N1CCCC(C)C1C. The second kappa shape index (κ2) is 6.03. The van der Waals surface area contributed by atoms with Crippen molar-refractivity contribution in [2.45, 2.75) is 37.6 Å². The van der Waals surface area contributed by atoms with Gasteiger partial charge in [-0.3, -0.25) is 0 Å². The van der Waals surface area contributed by atoms with Gasteiger partial charge in [0.1, 0.15) is 10.6 Å². The minimum absolute atomic E-state index is 0.0115. The first kappa shape index (κ1) is 15.8. The van der Waals surface area contributed by atoms with Crippen molar-refractivity contribution < 1.29 is 13.2 Å². The Morgan fingerprint density at radius 2 is 2.05 bits per heavy atom. The van der Waals surface area contributed by atoms with Gasteiger partial charge in [-0.25, -0.2) is 8.42 Å². The van der Waals surface area contributed by atoms with Crippen molar-refractivity contribution in [3.05, 3.63) is 22.7 Å². The van der Waals surface area contributed by atoms with Gasteiger partial charge in [0.25, 0.3) is 0 Å². The lowest BCUT2D eigenvalue weighted by Gasteiger charge is -2.37. The van der Waals surface area contributed by atoms with Gasteiger partial charge in [0, 0.05) is 17.1 Å². The van der Waals surface area contributed by atoms with Crippen LogP contribution in [0.1, 0.15) is 26.7 Å². The van der Waals surface area contributed by atoms with Crippen LogP contribution >= 0.6 is 15.9 Å². The van der Waals surface area contributed by atoms with E-state index in [1.165, 1.54) is 7.11 Å². The summed E-state index contributed by atoms with van der Waals surface area (Å²) in [6.45, 7) is 4.65. The summed E-state index contributed by atoms with van der Waals surface area (Å²) in [6.07, 6.45) is 1.98. The smallest absolute Gasteiger partial charge is 0.247 e. The maximum atomic E-state index is 12.9. The summed E-state index contributed by atoms with van der Waals surface area (Å²) < 4.78 is 33.3. The molecular weight excluding hydrogens is 342 g/mol. The molecule has 6 heteroatoms. The molecule has 0 N–H and O–H groups in total. The van der Waals surface area contributed by atoms with E-state index < -0.39 is 10.0 Å². The molecule has 0 aromatic heterocycles. The summed E-state index contributed by atoms with van der Waals surface area (Å²) in [5.74, 6) is 0.760. The maximum Gasteiger partial charge on any atom is 0.247 e. The van der Waals surface area contributed by atoms with E-state index >= 15 is 0 Å². The average Bonchev–Trinajstić information content (AvgIpc) is 2.41. The van der Waals surface area contributed by atoms with Crippen molar-refractivity contribution in [1.29, 1.82) is 0 Å². The van der Waals surface area contributed by atoms with E-state index in [1.807, 2.05) is 6.92 Å². The molecule has 2 unspecified atom stereocenters. The van der Waals surface area contributed by atoms with Crippen LogP contribution in [0.15, 0.2) is 27.6 Å². The highest BCUT2D eigenvalue weighted by molar-refractivity contribution is 9.10. The van der Waals surface area contributed by atoms with E-state index in [-0.39, 0.29) is 10.9 Å². The van der Waals surface area contributed by atoms with Gasteiger partial charge in [-0.05, 0) is 43.9 Å². The molecule has 0 bridgehead atoms. The van der Waals surface area contributed by atoms with Gasteiger partial charge in [-0.1, -0.05) is 22.9 Å². The number of rotatable bonds is 3. The standard InChI is InChI=1S/C14H20BrNO3S/c1-10-5-4-8-16(11(10)2)20(17,18)14-9-12(15)6-7-13(14)19-3/h6-7,9-11H,4-5,8H2,1-3H3. The Hall–Kier alpha value is -0.590. The number of nitrogens with zero attached hydrogens (tertiary/aromatic N) is 1. The molecule has 0 aliphatic carbocycles. The number of ether oxygens (including phenoxy) is 1. The number of methoxy groups -OCH3 is 1. The van der Waals surface area contributed by atoms with Gasteiger partial charge in [-0.2, -0.15) is 4.31 Å². The Bertz CT molecular complexity index is 588. The Labute approximate surface area is 129 Å². The molecule has 4 nitrogen and oxygen atoms in total. The average molecular weight is 362 g/mol. The van der Waals surface area contributed by atoms with Crippen LogP contribution in [0.3, 0.4) is 0 Å². The molecule has 2 rings (SSSR count). The van der Waals surface area contributed by atoms with E-state index in [0.29, 0.717) is 18.2 Å². The van der Waals surface area contributed by atoms with E-state index in [4.69, 9.17) is 4.74 Å². The third-order valence-corrected chi connectivity index (χ3v) is 6.53.